The van der Waals surface area contributed by atoms with E-state index in [1.807, 2.05) is 0 Å². The maximum atomic E-state index is 11.9. The van der Waals surface area contributed by atoms with Gasteiger partial charge < -0.3 is 15.7 Å². The number of nitrogens with one attached hydrogen (secondary N) is 2. The van der Waals surface area contributed by atoms with Gasteiger partial charge in [0, 0.05) is 19.0 Å². The molecule has 2 aliphatic carbocycles. The lowest BCUT2D eigenvalue weighted by Crippen LogP contribution is -2.40. The van der Waals surface area contributed by atoms with Crippen molar-refractivity contribution in [3.05, 3.63) is 0 Å². The van der Waals surface area contributed by atoms with Gasteiger partial charge in [0.2, 0.25) is 11.8 Å². The van der Waals surface area contributed by atoms with Gasteiger partial charge in [0.1, 0.15) is 0 Å². The highest BCUT2D eigenvalue weighted by molar-refractivity contribution is 5.85. The van der Waals surface area contributed by atoms with Crippen molar-refractivity contribution in [1.82, 2.24) is 10.6 Å². The van der Waals surface area contributed by atoms with Crippen molar-refractivity contribution in [1.29, 1.82) is 0 Å². The molecule has 19 heavy (non-hydrogen) atoms. The number of carbonyl (C=O) groups is 3. The van der Waals surface area contributed by atoms with E-state index in [9.17, 15) is 14.4 Å². The third-order valence-electron chi connectivity index (χ3n) is 3.84. The molecule has 0 bridgehead atoms. The summed E-state index contributed by atoms with van der Waals surface area (Å²) in [5, 5.41) is 14.5. The molecule has 6 heteroatoms. The molecule has 2 saturated carbocycles. The number of amides is 2. The van der Waals surface area contributed by atoms with Crippen LogP contribution in [0.4, 0.5) is 0 Å². The van der Waals surface area contributed by atoms with Crippen LogP contribution in [0.25, 0.3) is 0 Å². The predicted molar refractivity (Wildman–Crippen MR) is 67.2 cm³/mol. The maximum absolute atomic E-state index is 11.9. The van der Waals surface area contributed by atoms with Crippen LogP contribution >= 0.6 is 0 Å². The Morgan fingerprint density at radius 2 is 1.47 bits per heavy atom. The van der Waals surface area contributed by atoms with Crippen molar-refractivity contribution in [3.63, 3.8) is 0 Å². The van der Waals surface area contributed by atoms with E-state index >= 15 is 0 Å². The van der Waals surface area contributed by atoms with Gasteiger partial charge in [-0.05, 0) is 25.7 Å². The molecular weight excluding hydrogens is 248 g/mol. The highest BCUT2D eigenvalue weighted by atomic mass is 16.4. The average Bonchev–Trinajstić information content (AvgIpc) is 3.10. The Morgan fingerprint density at radius 1 is 0.895 bits per heavy atom. The summed E-state index contributed by atoms with van der Waals surface area (Å²) < 4.78 is 0. The van der Waals surface area contributed by atoms with Crippen LogP contribution in [-0.2, 0) is 14.4 Å². The quantitative estimate of drug-likeness (QED) is 0.597. The summed E-state index contributed by atoms with van der Waals surface area (Å²) in [6, 6.07) is 0. The van der Waals surface area contributed by atoms with E-state index in [0.717, 1.165) is 19.3 Å². The van der Waals surface area contributed by atoms with Gasteiger partial charge in [-0.2, -0.15) is 0 Å². The fraction of sp³-hybridized carbons (Fsp3) is 0.769. The Bertz CT molecular complexity index is 379. The monoisotopic (exact) mass is 268 g/mol. The molecule has 2 atom stereocenters. The van der Waals surface area contributed by atoms with Gasteiger partial charge in [-0.3, -0.25) is 14.4 Å². The molecule has 2 rings (SSSR count). The fourth-order valence-corrected chi connectivity index (χ4v) is 2.56. The third kappa shape index (κ3) is 3.68. The molecule has 0 saturated heterocycles. The van der Waals surface area contributed by atoms with Gasteiger partial charge in [0.05, 0.1) is 11.8 Å². The summed E-state index contributed by atoms with van der Waals surface area (Å²) in [6.45, 7) is 0.770. The first-order valence-corrected chi connectivity index (χ1v) is 6.88. The van der Waals surface area contributed by atoms with Crippen LogP contribution in [0.2, 0.25) is 0 Å². The lowest BCUT2D eigenvalue weighted by atomic mass is 9.95. The summed E-state index contributed by atoms with van der Waals surface area (Å²) in [5.41, 5.74) is 0. The first kappa shape index (κ1) is 13.8. The van der Waals surface area contributed by atoms with Crippen LogP contribution in [0.15, 0.2) is 0 Å². The second-order valence-corrected chi connectivity index (χ2v) is 5.34. The lowest BCUT2D eigenvalue weighted by Gasteiger charge is -2.15. The Hall–Kier alpha value is -1.59. The molecule has 0 aliphatic heterocycles. The Labute approximate surface area is 111 Å². The fourth-order valence-electron chi connectivity index (χ4n) is 2.56. The van der Waals surface area contributed by atoms with E-state index in [0.29, 0.717) is 25.9 Å². The second-order valence-electron chi connectivity index (χ2n) is 5.34. The molecule has 2 amide bonds. The van der Waals surface area contributed by atoms with E-state index in [1.54, 1.807) is 0 Å². The lowest BCUT2D eigenvalue weighted by molar-refractivity contribution is -0.146. The van der Waals surface area contributed by atoms with Crippen molar-refractivity contribution in [3.8, 4) is 0 Å². The molecule has 3 N–H and O–H groups in total. The highest BCUT2D eigenvalue weighted by Gasteiger charge is 2.37. The van der Waals surface area contributed by atoms with Crippen molar-refractivity contribution >= 4 is 17.8 Å². The van der Waals surface area contributed by atoms with Gasteiger partial charge in [-0.15, -0.1) is 0 Å². The molecule has 0 radical (unpaired) electrons. The number of carbonyl (C=O) groups excluding carboxylic acids is 2. The number of carboxylic acid groups (broad SMARTS) is 1. The number of aliphatic carboxylic acids is 1. The first-order chi connectivity index (χ1) is 9.09. The molecule has 106 valence electrons. The smallest absolute Gasteiger partial charge is 0.307 e. The van der Waals surface area contributed by atoms with Crippen LogP contribution in [0.5, 0.6) is 0 Å². The summed E-state index contributed by atoms with van der Waals surface area (Å²) >= 11 is 0. The molecular formula is C13H20N2O4. The zero-order chi connectivity index (χ0) is 13.8. The van der Waals surface area contributed by atoms with Crippen LogP contribution in [0, 0.1) is 17.8 Å². The molecule has 0 aromatic heterocycles. The Morgan fingerprint density at radius 3 is 2.05 bits per heavy atom. The van der Waals surface area contributed by atoms with Crippen LogP contribution < -0.4 is 10.6 Å². The normalized spacial score (nSPS) is 25.9. The number of hydrogen-bond acceptors (Lipinski definition) is 3. The number of carboxylic acids is 1. The zero-order valence-corrected chi connectivity index (χ0v) is 10.9. The van der Waals surface area contributed by atoms with E-state index < -0.39 is 17.8 Å². The van der Waals surface area contributed by atoms with Gasteiger partial charge in [-0.1, -0.05) is 6.42 Å². The highest BCUT2D eigenvalue weighted by Crippen LogP contribution is 2.32. The molecule has 2 aliphatic rings. The maximum Gasteiger partial charge on any atom is 0.307 e. The largest absolute Gasteiger partial charge is 0.481 e. The van der Waals surface area contributed by atoms with Crippen molar-refractivity contribution < 1.29 is 19.5 Å². The number of rotatable bonds is 6. The number of hydrogen-bond donors (Lipinski definition) is 3. The topological polar surface area (TPSA) is 95.5 Å². The standard InChI is InChI=1S/C13H20N2O4/c16-11(8-4-5-8)14-6-7-15-12(17)9-2-1-3-10(9)13(18)19/h8-10H,1-7H2,(H,14,16)(H,15,17)(H,18,19)/t9-,10+/m1/s1. The van der Waals surface area contributed by atoms with Crippen LogP contribution in [-0.4, -0.2) is 36.0 Å². The SMILES string of the molecule is O=C(NCCNC(=O)[C@@H]1CCC[C@@H]1C(=O)O)C1CC1. The summed E-state index contributed by atoms with van der Waals surface area (Å²) in [6.07, 6.45) is 3.91. The minimum atomic E-state index is -0.889. The van der Waals surface area contributed by atoms with Crippen molar-refractivity contribution in [2.24, 2.45) is 17.8 Å². The van der Waals surface area contributed by atoms with E-state index in [2.05, 4.69) is 10.6 Å². The van der Waals surface area contributed by atoms with Gasteiger partial charge in [0.15, 0.2) is 0 Å². The van der Waals surface area contributed by atoms with Crippen molar-refractivity contribution in [2.75, 3.05) is 13.1 Å². The predicted octanol–water partition coefficient (Wildman–Crippen LogP) is 0.130. The minimum absolute atomic E-state index is 0.0542. The van der Waals surface area contributed by atoms with E-state index in [-0.39, 0.29) is 17.7 Å². The molecule has 6 nitrogen and oxygen atoms in total. The van der Waals surface area contributed by atoms with Gasteiger partial charge in [0.25, 0.3) is 0 Å². The first-order valence-electron chi connectivity index (χ1n) is 6.88. The summed E-state index contributed by atoms with van der Waals surface area (Å²) in [4.78, 5) is 34.2. The van der Waals surface area contributed by atoms with E-state index in [1.165, 1.54) is 0 Å². The van der Waals surface area contributed by atoms with Crippen molar-refractivity contribution in [2.45, 2.75) is 32.1 Å². The molecule has 0 spiro atoms. The third-order valence-corrected chi connectivity index (χ3v) is 3.84. The molecule has 0 unspecified atom stereocenters. The molecule has 2 fully saturated rings. The van der Waals surface area contributed by atoms with Crippen LogP contribution in [0.3, 0.4) is 0 Å². The molecule has 0 aromatic carbocycles. The molecule has 0 heterocycles. The molecule has 0 aromatic rings. The zero-order valence-electron chi connectivity index (χ0n) is 10.9. The van der Waals surface area contributed by atoms with Gasteiger partial charge >= 0.3 is 5.97 Å². The summed E-state index contributed by atoms with van der Waals surface area (Å²) in [5.74, 6) is -1.84. The minimum Gasteiger partial charge on any atom is -0.481 e. The average molecular weight is 268 g/mol. The van der Waals surface area contributed by atoms with Crippen LogP contribution in [0.1, 0.15) is 32.1 Å². The van der Waals surface area contributed by atoms with Gasteiger partial charge in [-0.25, -0.2) is 0 Å². The van der Waals surface area contributed by atoms with E-state index in [4.69, 9.17) is 5.11 Å². The summed E-state index contributed by atoms with van der Waals surface area (Å²) in [7, 11) is 0. The second kappa shape index (κ2) is 6.04. The Balaban J connectivity index is 1.66. The Kier molecular flexibility index (Phi) is 4.39.